The van der Waals surface area contributed by atoms with Crippen LogP contribution in [0.15, 0.2) is 47.6 Å². The van der Waals surface area contributed by atoms with Crippen molar-refractivity contribution in [2.75, 3.05) is 6.61 Å². The topological polar surface area (TPSA) is 62.1 Å². The molecule has 0 radical (unpaired) electrons. The molecule has 1 atom stereocenters. The monoisotopic (exact) mass is 406 g/mol. The highest BCUT2D eigenvalue weighted by molar-refractivity contribution is 6.03. The van der Waals surface area contributed by atoms with Gasteiger partial charge in [0.25, 0.3) is 11.6 Å². The molecule has 0 bridgehead atoms. The first-order valence-corrected chi connectivity index (χ1v) is 8.97. The molecule has 1 aliphatic rings. The summed E-state index contributed by atoms with van der Waals surface area (Å²) in [5.74, 6) is -0.737. The second kappa shape index (κ2) is 7.51. The van der Waals surface area contributed by atoms with E-state index in [1.807, 2.05) is 26.8 Å². The largest absolute Gasteiger partial charge is 0.484 e. The van der Waals surface area contributed by atoms with E-state index in [-0.39, 0.29) is 10.7 Å². The van der Waals surface area contributed by atoms with Gasteiger partial charge in [-0.15, -0.1) is 0 Å². The highest BCUT2D eigenvalue weighted by Gasteiger charge is 2.63. The molecule has 154 valence electrons. The lowest BCUT2D eigenvalue weighted by atomic mass is 10.00. The van der Waals surface area contributed by atoms with Gasteiger partial charge in [0.05, 0.1) is 12.1 Å². The predicted molar refractivity (Wildman–Crippen MR) is 102 cm³/mol. The first-order chi connectivity index (χ1) is 13.5. The minimum absolute atomic E-state index is 0.0235. The number of nitrogens with zero attached hydrogens (tertiary/aromatic N) is 2. The van der Waals surface area contributed by atoms with Gasteiger partial charge in [0, 0.05) is 0 Å². The van der Waals surface area contributed by atoms with Crippen LogP contribution in [0.25, 0.3) is 0 Å². The summed E-state index contributed by atoms with van der Waals surface area (Å²) in [6, 6.07) is 11.9. The number of benzene rings is 2. The lowest BCUT2D eigenvalue weighted by Crippen LogP contribution is -2.57. The van der Waals surface area contributed by atoms with Crippen LogP contribution in [0.3, 0.4) is 0 Å². The Labute approximate surface area is 166 Å². The Hall–Kier alpha value is -2.87. The highest BCUT2D eigenvalue weighted by atomic mass is 19.4. The van der Waals surface area contributed by atoms with Gasteiger partial charge in [-0.2, -0.15) is 23.3 Å². The van der Waals surface area contributed by atoms with Gasteiger partial charge in [0.15, 0.2) is 6.61 Å². The zero-order valence-corrected chi connectivity index (χ0v) is 16.2. The van der Waals surface area contributed by atoms with Crippen LogP contribution < -0.4 is 4.74 Å². The SMILES string of the molecule is Cc1ccc(C2=NN(C(=O)COc3cc(C)cc(C)c3)[C@@](O)(C(F)(F)F)C2)cc1. The molecule has 8 heteroatoms. The van der Waals surface area contributed by atoms with Crippen LogP contribution in [-0.4, -0.2) is 40.2 Å². The van der Waals surface area contributed by atoms with Gasteiger partial charge in [-0.3, -0.25) is 4.79 Å². The fourth-order valence-corrected chi connectivity index (χ4v) is 3.16. The summed E-state index contributed by atoms with van der Waals surface area (Å²) < 4.78 is 46.2. The number of aryl methyl sites for hydroxylation is 3. The molecule has 1 N–H and O–H groups in total. The summed E-state index contributed by atoms with van der Waals surface area (Å²) in [5, 5.41) is 14.2. The van der Waals surface area contributed by atoms with E-state index in [0.717, 1.165) is 16.7 Å². The summed E-state index contributed by atoms with van der Waals surface area (Å²) in [7, 11) is 0. The van der Waals surface area contributed by atoms with Crippen LogP contribution in [0.2, 0.25) is 0 Å². The van der Waals surface area contributed by atoms with Gasteiger partial charge < -0.3 is 9.84 Å². The summed E-state index contributed by atoms with van der Waals surface area (Å²) in [6.45, 7) is 4.82. The molecule has 1 aliphatic heterocycles. The van der Waals surface area contributed by atoms with E-state index >= 15 is 0 Å². The van der Waals surface area contributed by atoms with Crippen LogP contribution in [0.1, 0.15) is 28.7 Å². The van der Waals surface area contributed by atoms with Crippen molar-refractivity contribution < 1.29 is 27.8 Å². The summed E-state index contributed by atoms with van der Waals surface area (Å²) in [5.41, 5.74) is -0.335. The molecule has 1 heterocycles. The van der Waals surface area contributed by atoms with E-state index in [9.17, 15) is 23.1 Å². The van der Waals surface area contributed by atoms with Crippen molar-refractivity contribution in [3.63, 3.8) is 0 Å². The molecule has 0 saturated carbocycles. The maximum absolute atomic E-state index is 13.6. The quantitative estimate of drug-likeness (QED) is 0.838. The van der Waals surface area contributed by atoms with Gasteiger partial charge in [-0.1, -0.05) is 35.9 Å². The molecular weight excluding hydrogens is 385 g/mol. The fraction of sp³-hybridized carbons (Fsp3) is 0.333. The van der Waals surface area contributed by atoms with Crippen LogP contribution in [0.4, 0.5) is 13.2 Å². The molecule has 0 saturated heterocycles. The summed E-state index contributed by atoms with van der Waals surface area (Å²) in [4.78, 5) is 12.5. The number of halogens is 3. The van der Waals surface area contributed by atoms with Gasteiger partial charge >= 0.3 is 6.18 Å². The molecule has 0 aromatic heterocycles. The van der Waals surface area contributed by atoms with E-state index in [0.29, 0.717) is 11.3 Å². The second-order valence-corrected chi connectivity index (χ2v) is 7.22. The van der Waals surface area contributed by atoms with Crippen molar-refractivity contribution in [3.05, 3.63) is 64.7 Å². The van der Waals surface area contributed by atoms with Crippen LogP contribution in [-0.2, 0) is 4.79 Å². The zero-order chi connectivity index (χ0) is 21.4. The molecule has 29 heavy (non-hydrogen) atoms. The molecule has 2 aromatic rings. The standard InChI is InChI=1S/C21H21F3N2O3/c1-13-4-6-16(7-5-13)18-11-20(28,21(22,23)24)26(25-18)19(27)12-29-17-9-14(2)8-15(3)10-17/h4-10,28H,11-12H2,1-3H3/t20-/m0/s1. The third-order valence-electron chi connectivity index (χ3n) is 4.62. The molecule has 0 fully saturated rings. The van der Waals surface area contributed by atoms with Crippen molar-refractivity contribution >= 4 is 11.6 Å². The lowest BCUT2D eigenvalue weighted by Gasteiger charge is -2.32. The molecule has 5 nitrogen and oxygen atoms in total. The molecule has 0 aliphatic carbocycles. The molecule has 1 amide bonds. The lowest BCUT2D eigenvalue weighted by molar-refractivity contribution is -0.302. The summed E-state index contributed by atoms with van der Waals surface area (Å²) >= 11 is 0. The number of carbonyl (C=O) groups excluding carboxylic acids is 1. The van der Waals surface area contributed by atoms with E-state index in [1.54, 1.807) is 36.4 Å². The van der Waals surface area contributed by atoms with Gasteiger partial charge in [0.2, 0.25) is 0 Å². The number of rotatable bonds is 4. The fourth-order valence-electron chi connectivity index (χ4n) is 3.16. The highest BCUT2D eigenvalue weighted by Crippen LogP contribution is 2.41. The second-order valence-electron chi connectivity index (χ2n) is 7.22. The van der Waals surface area contributed by atoms with Crippen LogP contribution >= 0.6 is 0 Å². The van der Waals surface area contributed by atoms with E-state index < -0.39 is 30.8 Å². The minimum atomic E-state index is -5.08. The van der Waals surface area contributed by atoms with E-state index in [1.165, 1.54) is 0 Å². The number of amides is 1. The van der Waals surface area contributed by atoms with Gasteiger partial charge in [-0.25, -0.2) is 0 Å². The number of hydrogen-bond acceptors (Lipinski definition) is 4. The molecule has 0 unspecified atom stereocenters. The Morgan fingerprint density at radius 3 is 2.24 bits per heavy atom. The van der Waals surface area contributed by atoms with Gasteiger partial charge in [0.1, 0.15) is 5.75 Å². The first-order valence-electron chi connectivity index (χ1n) is 8.97. The Morgan fingerprint density at radius 2 is 1.69 bits per heavy atom. The Bertz CT molecular complexity index is 934. The van der Waals surface area contributed by atoms with Crippen molar-refractivity contribution in [2.24, 2.45) is 5.10 Å². The van der Waals surface area contributed by atoms with Crippen molar-refractivity contribution in [1.29, 1.82) is 0 Å². The normalized spacial score (nSPS) is 19.3. The van der Waals surface area contributed by atoms with E-state index in [4.69, 9.17) is 4.74 Å². The van der Waals surface area contributed by atoms with E-state index in [2.05, 4.69) is 5.10 Å². The smallest absolute Gasteiger partial charge is 0.438 e. The van der Waals surface area contributed by atoms with Crippen LogP contribution in [0, 0.1) is 20.8 Å². The Morgan fingerprint density at radius 1 is 1.10 bits per heavy atom. The maximum atomic E-state index is 13.6. The van der Waals surface area contributed by atoms with Crippen molar-refractivity contribution in [3.8, 4) is 5.75 Å². The van der Waals surface area contributed by atoms with Crippen molar-refractivity contribution in [2.45, 2.75) is 39.1 Å². The number of hydrazone groups is 1. The molecule has 2 aromatic carbocycles. The van der Waals surface area contributed by atoms with Gasteiger partial charge in [-0.05, 0) is 49.6 Å². The van der Waals surface area contributed by atoms with Crippen LogP contribution in [0.5, 0.6) is 5.75 Å². The Balaban J connectivity index is 1.85. The first kappa shape index (κ1) is 20.9. The van der Waals surface area contributed by atoms with Crippen molar-refractivity contribution in [1.82, 2.24) is 5.01 Å². The average Bonchev–Trinajstić information content (AvgIpc) is 2.98. The molecular formula is C21H21F3N2O3. The average molecular weight is 406 g/mol. The molecule has 0 spiro atoms. The predicted octanol–water partition coefficient (Wildman–Crippen LogP) is 3.88. The number of aliphatic hydroxyl groups is 1. The minimum Gasteiger partial charge on any atom is -0.484 e. The number of ether oxygens (including phenoxy) is 1. The number of carbonyl (C=O) groups is 1. The maximum Gasteiger partial charge on any atom is 0.438 e. The third-order valence-corrected chi connectivity index (χ3v) is 4.62. The Kier molecular flexibility index (Phi) is 5.40. The summed E-state index contributed by atoms with van der Waals surface area (Å²) in [6.07, 6.45) is -5.94. The molecule has 3 rings (SSSR count). The number of hydrogen-bond donors (Lipinski definition) is 1. The third kappa shape index (κ3) is 4.27. The number of alkyl halides is 3. The zero-order valence-electron chi connectivity index (χ0n) is 16.2.